The lowest BCUT2D eigenvalue weighted by molar-refractivity contribution is 0.265. The molecular weight excluding hydrogens is 185 g/mol. The van der Waals surface area contributed by atoms with Gasteiger partial charge >= 0.3 is 0 Å². The van der Waals surface area contributed by atoms with Crippen LogP contribution in [0.25, 0.3) is 0 Å². The molecule has 4 heteroatoms. The molecular formula is C10H12FNO2. The lowest BCUT2D eigenvalue weighted by Crippen LogP contribution is -2.20. The van der Waals surface area contributed by atoms with Crippen molar-refractivity contribution in [3.63, 3.8) is 0 Å². The van der Waals surface area contributed by atoms with Gasteiger partial charge in [0.1, 0.15) is 5.75 Å². The molecule has 1 aliphatic rings. The fraction of sp³-hybridized carbons (Fsp3) is 0.400. The molecule has 0 aliphatic carbocycles. The largest absolute Gasteiger partial charge is 0.494 e. The van der Waals surface area contributed by atoms with E-state index < -0.39 is 5.82 Å². The molecule has 2 N–H and O–H groups in total. The summed E-state index contributed by atoms with van der Waals surface area (Å²) in [5, 5.41) is 0. The normalized spacial score (nSPS) is 19.8. The number of halogens is 1. The van der Waals surface area contributed by atoms with Crippen LogP contribution < -0.4 is 15.2 Å². The van der Waals surface area contributed by atoms with Crippen molar-refractivity contribution in [2.24, 2.45) is 5.73 Å². The molecule has 1 atom stereocenters. The molecule has 76 valence electrons. The van der Waals surface area contributed by atoms with Crippen LogP contribution in [0.4, 0.5) is 4.39 Å². The number of fused-ring (bicyclic) bond motifs is 1. The highest BCUT2D eigenvalue weighted by atomic mass is 19.1. The van der Waals surface area contributed by atoms with E-state index in [0.29, 0.717) is 12.4 Å². The van der Waals surface area contributed by atoms with Crippen molar-refractivity contribution in [1.82, 2.24) is 0 Å². The van der Waals surface area contributed by atoms with E-state index in [9.17, 15) is 4.39 Å². The number of hydrogen-bond acceptors (Lipinski definition) is 3. The zero-order valence-corrected chi connectivity index (χ0v) is 7.92. The predicted molar refractivity (Wildman–Crippen MR) is 50.0 cm³/mol. The van der Waals surface area contributed by atoms with Crippen molar-refractivity contribution in [2.45, 2.75) is 12.5 Å². The average molecular weight is 197 g/mol. The summed E-state index contributed by atoms with van der Waals surface area (Å²) in [7, 11) is 1.43. The summed E-state index contributed by atoms with van der Waals surface area (Å²) in [5.41, 5.74) is 6.68. The Kier molecular flexibility index (Phi) is 2.29. The molecule has 14 heavy (non-hydrogen) atoms. The third-order valence-corrected chi connectivity index (χ3v) is 2.37. The molecule has 2 rings (SSSR count). The molecule has 0 fully saturated rings. The van der Waals surface area contributed by atoms with Crippen molar-refractivity contribution in [2.75, 3.05) is 13.7 Å². The van der Waals surface area contributed by atoms with Crippen LogP contribution in [0.15, 0.2) is 12.1 Å². The van der Waals surface area contributed by atoms with Gasteiger partial charge in [0.25, 0.3) is 0 Å². The summed E-state index contributed by atoms with van der Waals surface area (Å²) >= 11 is 0. The standard InChI is InChI=1S/C10H12FNO2/c1-13-10-4-6-8(12)2-3-14-9(6)5-7(10)11/h4-5,8H,2-3,12H2,1H3/t8-/m0/s1. The van der Waals surface area contributed by atoms with E-state index in [4.69, 9.17) is 15.2 Å². The van der Waals surface area contributed by atoms with Gasteiger partial charge in [0, 0.05) is 24.1 Å². The van der Waals surface area contributed by atoms with Gasteiger partial charge in [-0.1, -0.05) is 0 Å². The van der Waals surface area contributed by atoms with Gasteiger partial charge in [0.15, 0.2) is 11.6 Å². The summed E-state index contributed by atoms with van der Waals surface area (Å²) in [6.07, 6.45) is 0.752. The van der Waals surface area contributed by atoms with Crippen LogP contribution in [0.2, 0.25) is 0 Å². The zero-order chi connectivity index (χ0) is 10.1. The molecule has 0 radical (unpaired) electrons. The smallest absolute Gasteiger partial charge is 0.168 e. The fourth-order valence-electron chi connectivity index (χ4n) is 1.57. The second kappa shape index (κ2) is 3.46. The SMILES string of the molecule is COc1cc2c(cc1F)OCC[C@@H]2N. The van der Waals surface area contributed by atoms with Crippen LogP contribution in [0.5, 0.6) is 11.5 Å². The number of hydrogen-bond donors (Lipinski definition) is 1. The first-order valence-electron chi connectivity index (χ1n) is 4.48. The van der Waals surface area contributed by atoms with Crippen LogP contribution in [0.1, 0.15) is 18.0 Å². The second-order valence-electron chi connectivity index (χ2n) is 3.27. The van der Waals surface area contributed by atoms with Crippen LogP contribution in [-0.4, -0.2) is 13.7 Å². The Hall–Kier alpha value is -1.29. The number of ether oxygens (including phenoxy) is 2. The lowest BCUT2D eigenvalue weighted by Gasteiger charge is -2.23. The Bertz CT molecular complexity index is 354. The highest BCUT2D eigenvalue weighted by Gasteiger charge is 2.20. The van der Waals surface area contributed by atoms with E-state index in [2.05, 4.69) is 0 Å². The van der Waals surface area contributed by atoms with E-state index in [1.165, 1.54) is 13.2 Å². The predicted octanol–water partition coefficient (Wildman–Crippen LogP) is 1.62. The van der Waals surface area contributed by atoms with Crippen LogP contribution >= 0.6 is 0 Å². The van der Waals surface area contributed by atoms with Gasteiger partial charge in [-0.15, -0.1) is 0 Å². The Morgan fingerprint density at radius 3 is 3.07 bits per heavy atom. The molecule has 3 nitrogen and oxygen atoms in total. The van der Waals surface area contributed by atoms with Crippen LogP contribution in [0.3, 0.4) is 0 Å². The first-order chi connectivity index (χ1) is 6.72. The minimum atomic E-state index is -0.416. The van der Waals surface area contributed by atoms with Crippen LogP contribution in [-0.2, 0) is 0 Å². The molecule has 0 spiro atoms. The molecule has 1 heterocycles. The average Bonchev–Trinajstić information content (AvgIpc) is 2.17. The number of benzene rings is 1. The van der Waals surface area contributed by atoms with Gasteiger partial charge < -0.3 is 15.2 Å². The molecule has 1 aromatic rings. The number of rotatable bonds is 1. The first-order valence-corrected chi connectivity index (χ1v) is 4.48. The third kappa shape index (κ3) is 1.42. The molecule has 0 saturated heterocycles. The Morgan fingerprint density at radius 1 is 1.57 bits per heavy atom. The molecule has 0 amide bonds. The molecule has 0 unspecified atom stereocenters. The van der Waals surface area contributed by atoms with Gasteiger partial charge in [-0.25, -0.2) is 4.39 Å². The summed E-state index contributed by atoms with van der Waals surface area (Å²) < 4.78 is 23.4. The van der Waals surface area contributed by atoms with E-state index in [1.54, 1.807) is 6.07 Å². The summed E-state index contributed by atoms with van der Waals surface area (Å²) in [6, 6.07) is 2.84. The minimum Gasteiger partial charge on any atom is -0.494 e. The number of methoxy groups -OCH3 is 1. The molecule has 0 aromatic heterocycles. The molecule has 0 bridgehead atoms. The van der Waals surface area contributed by atoms with Crippen molar-refractivity contribution < 1.29 is 13.9 Å². The van der Waals surface area contributed by atoms with Gasteiger partial charge in [0.05, 0.1) is 13.7 Å². The Labute approximate surface area is 81.6 Å². The molecule has 0 saturated carbocycles. The van der Waals surface area contributed by atoms with Crippen molar-refractivity contribution >= 4 is 0 Å². The second-order valence-corrected chi connectivity index (χ2v) is 3.27. The van der Waals surface area contributed by atoms with E-state index >= 15 is 0 Å². The maximum Gasteiger partial charge on any atom is 0.168 e. The van der Waals surface area contributed by atoms with E-state index in [1.807, 2.05) is 0 Å². The van der Waals surface area contributed by atoms with Crippen molar-refractivity contribution in [3.05, 3.63) is 23.5 Å². The van der Waals surface area contributed by atoms with Crippen LogP contribution in [0, 0.1) is 5.82 Å². The van der Waals surface area contributed by atoms with Gasteiger partial charge in [-0.05, 0) is 6.07 Å². The molecule has 1 aromatic carbocycles. The number of nitrogens with two attached hydrogens (primary N) is 1. The summed E-state index contributed by atoms with van der Waals surface area (Å²) in [4.78, 5) is 0. The summed E-state index contributed by atoms with van der Waals surface area (Å²) in [6.45, 7) is 0.542. The monoisotopic (exact) mass is 197 g/mol. The highest BCUT2D eigenvalue weighted by Crippen LogP contribution is 2.35. The quantitative estimate of drug-likeness (QED) is 0.744. The zero-order valence-electron chi connectivity index (χ0n) is 7.92. The molecule has 1 aliphatic heterocycles. The Morgan fingerprint density at radius 2 is 2.36 bits per heavy atom. The van der Waals surface area contributed by atoms with Gasteiger partial charge in [-0.3, -0.25) is 0 Å². The van der Waals surface area contributed by atoms with E-state index in [-0.39, 0.29) is 11.8 Å². The third-order valence-electron chi connectivity index (χ3n) is 2.37. The van der Waals surface area contributed by atoms with Gasteiger partial charge in [-0.2, -0.15) is 0 Å². The first kappa shape index (κ1) is 9.27. The topological polar surface area (TPSA) is 44.5 Å². The van der Waals surface area contributed by atoms with Gasteiger partial charge in [0.2, 0.25) is 0 Å². The van der Waals surface area contributed by atoms with E-state index in [0.717, 1.165) is 12.0 Å². The fourth-order valence-corrected chi connectivity index (χ4v) is 1.57. The van der Waals surface area contributed by atoms with Crippen molar-refractivity contribution in [3.8, 4) is 11.5 Å². The Balaban J connectivity index is 2.49. The summed E-state index contributed by atoms with van der Waals surface area (Å²) in [5.74, 6) is 0.326. The lowest BCUT2D eigenvalue weighted by atomic mass is 10.0. The maximum absolute atomic E-state index is 13.3. The maximum atomic E-state index is 13.3. The highest BCUT2D eigenvalue weighted by molar-refractivity contribution is 5.44. The van der Waals surface area contributed by atoms with Crippen molar-refractivity contribution in [1.29, 1.82) is 0 Å². The minimum absolute atomic E-state index is 0.0896.